The minimum Gasteiger partial charge on any atom is -0.385 e. The highest BCUT2D eigenvalue weighted by atomic mass is 32.2. The van der Waals surface area contributed by atoms with Crippen LogP contribution in [0.1, 0.15) is 63.4 Å². The van der Waals surface area contributed by atoms with Gasteiger partial charge in [-0.3, -0.25) is 14.6 Å². The lowest BCUT2D eigenvalue weighted by molar-refractivity contribution is -0.137. The standard InChI is InChI=1S/C23H31N3O3S/c27-20(26-14-12-23(29,13-15-26)17-8-4-3-5-9-17)16-19-21(28)25-22(30-19)24-18-10-6-1-2-7-11-18/h3-5,8-9,18-19,29H,1-2,6-7,10-16H2,(H,24,25,28). The number of nitrogens with zero attached hydrogens (tertiary/aromatic N) is 2. The van der Waals surface area contributed by atoms with Gasteiger partial charge < -0.3 is 15.3 Å². The lowest BCUT2D eigenvalue weighted by Crippen LogP contribution is -2.46. The van der Waals surface area contributed by atoms with Crippen LogP contribution in [0.4, 0.5) is 0 Å². The van der Waals surface area contributed by atoms with Crippen molar-refractivity contribution in [2.75, 3.05) is 13.1 Å². The van der Waals surface area contributed by atoms with Gasteiger partial charge in [-0.25, -0.2) is 0 Å². The van der Waals surface area contributed by atoms with Crippen LogP contribution >= 0.6 is 11.8 Å². The molecule has 4 rings (SSSR count). The Bertz CT molecular complexity index is 782. The van der Waals surface area contributed by atoms with E-state index >= 15 is 0 Å². The smallest absolute Gasteiger partial charge is 0.240 e. The monoisotopic (exact) mass is 429 g/mol. The summed E-state index contributed by atoms with van der Waals surface area (Å²) in [4.78, 5) is 31.7. The molecule has 162 valence electrons. The quantitative estimate of drug-likeness (QED) is 0.720. The first-order valence-electron chi connectivity index (χ1n) is 11.1. The van der Waals surface area contributed by atoms with Crippen molar-refractivity contribution in [3.8, 4) is 0 Å². The van der Waals surface area contributed by atoms with Crippen molar-refractivity contribution in [3.63, 3.8) is 0 Å². The van der Waals surface area contributed by atoms with E-state index in [0.717, 1.165) is 18.4 Å². The van der Waals surface area contributed by atoms with Gasteiger partial charge in [0.2, 0.25) is 11.8 Å². The number of amides is 2. The number of thioether (sulfide) groups is 1. The van der Waals surface area contributed by atoms with E-state index in [0.29, 0.717) is 37.1 Å². The first kappa shape index (κ1) is 21.4. The van der Waals surface area contributed by atoms with Gasteiger partial charge >= 0.3 is 0 Å². The van der Waals surface area contributed by atoms with Gasteiger partial charge in [0.05, 0.1) is 11.6 Å². The molecule has 3 fully saturated rings. The van der Waals surface area contributed by atoms with Crippen LogP contribution in [0, 0.1) is 0 Å². The van der Waals surface area contributed by atoms with E-state index in [-0.39, 0.29) is 18.2 Å². The van der Waals surface area contributed by atoms with Crippen LogP contribution in [0.5, 0.6) is 0 Å². The highest BCUT2D eigenvalue weighted by Gasteiger charge is 2.38. The Morgan fingerprint density at radius 2 is 1.80 bits per heavy atom. The number of nitrogens with one attached hydrogen (secondary N) is 1. The molecule has 1 unspecified atom stereocenters. The molecule has 2 aliphatic heterocycles. The summed E-state index contributed by atoms with van der Waals surface area (Å²) < 4.78 is 0. The SMILES string of the molecule is O=C1NC(=NC2CCCCCC2)SC1CC(=O)N1CCC(O)(c2ccccc2)CC1. The summed E-state index contributed by atoms with van der Waals surface area (Å²) in [6.07, 6.45) is 8.33. The van der Waals surface area contributed by atoms with Gasteiger partial charge in [-0.2, -0.15) is 0 Å². The maximum Gasteiger partial charge on any atom is 0.240 e. The molecule has 1 aliphatic carbocycles. The number of piperidine rings is 1. The van der Waals surface area contributed by atoms with Crippen molar-refractivity contribution in [3.05, 3.63) is 35.9 Å². The van der Waals surface area contributed by atoms with Crippen molar-refractivity contribution in [2.24, 2.45) is 4.99 Å². The van der Waals surface area contributed by atoms with Crippen molar-refractivity contribution >= 4 is 28.7 Å². The third kappa shape index (κ3) is 5.06. The number of rotatable bonds is 4. The lowest BCUT2D eigenvalue weighted by Gasteiger charge is -2.38. The Kier molecular flexibility index (Phi) is 6.78. The number of hydrogen-bond donors (Lipinski definition) is 2. The number of aliphatic hydroxyl groups is 1. The summed E-state index contributed by atoms with van der Waals surface area (Å²) in [5, 5.41) is 14.1. The van der Waals surface area contributed by atoms with Gasteiger partial charge in [0, 0.05) is 19.5 Å². The number of carbonyl (C=O) groups is 2. The van der Waals surface area contributed by atoms with E-state index in [1.807, 2.05) is 30.3 Å². The first-order chi connectivity index (χ1) is 14.5. The second kappa shape index (κ2) is 9.52. The fourth-order valence-corrected chi connectivity index (χ4v) is 5.64. The third-order valence-corrected chi connectivity index (χ3v) is 7.61. The molecular weight excluding hydrogens is 398 g/mol. The summed E-state index contributed by atoms with van der Waals surface area (Å²) in [6, 6.07) is 9.95. The topological polar surface area (TPSA) is 82.0 Å². The minimum atomic E-state index is -0.879. The molecule has 0 radical (unpaired) electrons. The van der Waals surface area contributed by atoms with E-state index < -0.39 is 10.9 Å². The molecule has 30 heavy (non-hydrogen) atoms. The maximum atomic E-state index is 12.8. The van der Waals surface area contributed by atoms with Gasteiger partial charge in [-0.15, -0.1) is 0 Å². The molecule has 0 aromatic heterocycles. The molecule has 2 saturated heterocycles. The fraction of sp³-hybridized carbons (Fsp3) is 0.609. The maximum absolute atomic E-state index is 12.8. The molecule has 0 spiro atoms. The van der Waals surface area contributed by atoms with E-state index in [2.05, 4.69) is 5.32 Å². The van der Waals surface area contributed by atoms with E-state index in [1.54, 1.807) is 4.90 Å². The predicted octanol–water partition coefficient (Wildman–Crippen LogP) is 3.20. The van der Waals surface area contributed by atoms with Crippen LogP contribution in [0.2, 0.25) is 0 Å². The van der Waals surface area contributed by atoms with Gasteiger partial charge in [0.25, 0.3) is 0 Å². The average Bonchev–Trinajstić information content (AvgIpc) is 2.93. The molecule has 2 N–H and O–H groups in total. The van der Waals surface area contributed by atoms with Gasteiger partial charge in [0.1, 0.15) is 5.25 Å². The van der Waals surface area contributed by atoms with Crippen molar-refractivity contribution in [1.82, 2.24) is 10.2 Å². The van der Waals surface area contributed by atoms with Crippen LogP contribution < -0.4 is 5.32 Å². The number of amidine groups is 1. The molecule has 1 aromatic carbocycles. The Labute approximate surface area is 182 Å². The van der Waals surface area contributed by atoms with Crippen LogP contribution in [-0.2, 0) is 15.2 Å². The molecular formula is C23H31N3O3S. The molecule has 7 heteroatoms. The highest BCUT2D eigenvalue weighted by Crippen LogP contribution is 2.33. The first-order valence-corrected chi connectivity index (χ1v) is 12.0. The van der Waals surface area contributed by atoms with Crippen molar-refractivity contribution in [2.45, 2.75) is 74.7 Å². The second-order valence-corrected chi connectivity index (χ2v) is 9.85. The largest absolute Gasteiger partial charge is 0.385 e. The highest BCUT2D eigenvalue weighted by molar-refractivity contribution is 8.15. The van der Waals surface area contributed by atoms with E-state index in [4.69, 9.17) is 4.99 Å². The zero-order valence-corrected chi connectivity index (χ0v) is 18.2. The predicted molar refractivity (Wildman–Crippen MR) is 119 cm³/mol. The van der Waals surface area contributed by atoms with Crippen LogP contribution in [0.25, 0.3) is 0 Å². The Hall–Kier alpha value is -1.86. The van der Waals surface area contributed by atoms with Crippen LogP contribution in [0.3, 0.4) is 0 Å². The molecule has 1 atom stereocenters. The number of aliphatic imine (C=N–C) groups is 1. The number of carbonyl (C=O) groups excluding carboxylic acids is 2. The number of benzene rings is 1. The summed E-state index contributed by atoms with van der Waals surface area (Å²) in [7, 11) is 0. The summed E-state index contributed by atoms with van der Waals surface area (Å²) in [5.74, 6) is -0.132. The molecule has 6 nitrogen and oxygen atoms in total. The summed E-state index contributed by atoms with van der Waals surface area (Å²) in [5.41, 5.74) is 0.0259. The summed E-state index contributed by atoms with van der Waals surface area (Å²) >= 11 is 1.40. The Morgan fingerprint density at radius 3 is 2.47 bits per heavy atom. The van der Waals surface area contributed by atoms with Crippen LogP contribution in [-0.4, -0.2) is 51.4 Å². The average molecular weight is 430 g/mol. The van der Waals surface area contributed by atoms with Gasteiger partial charge in [-0.05, 0) is 31.2 Å². The molecule has 0 bridgehead atoms. The molecule has 2 heterocycles. The molecule has 1 aromatic rings. The number of likely N-dealkylation sites (tertiary alicyclic amines) is 1. The van der Waals surface area contributed by atoms with Gasteiger partial charge in [0.15, 0.2) is 5.17 Å². The fourth-order valence-electron chi connectivity index (χ4n) is 4.60. The zero-order chi connectivity index (χ0) is 21.0. The van der Waals surface area contributed by atoms with Crippen molar-refractivity contribution < 1.29 is 14.7 Å². The summed E-state index contributed by atoms with van der Waals surface area (Å²) in [6.45, 7) is 1.01. The van der Waals surface area contributed by atoms with E-state index in [9.17, 15) is 14.7 Å². The molecule has 3 aliphatic rings. The lowest BCUT2D eigenvalue weighted by atomic mass is 9.84. The van der Waals surface area contributed by atoms with E-state index in [1.165, 1.54) is 37.4 Å². The van der Waals surface area contributed by atoms with Gasteiger partial charge in [-0.1, -0.05) is 67.8 Å². The normalized spacial score (nSPS) is 26.4. The second-order valence-electron chi connectivity index (χ2n) is 8.66. The third-order valence-electron chi connectivity index (χ3n) is 6.52. The zero-order valence-electron chi connectivity index (χ0n) is 17.4. The molecule has 2 amide bonds. The van der Waals surface area contributed by atoms with Crippen molar-refractivity contribution in [1.29, 1.82) is 0 Å². The molecule has 1 saturated carbocycles. The minimum absolute atomic E-state index is 0.0199. The Balaban J connectivity index is 1.29. The number of hydrogen-bond acceptors (Lipinski definition) is 5. The Morgan fingerprint density at radius 1 is 1.13 bits per heavy atom. The van der Waals surface area contributed by atoms with Crippen LogP contribution in [0.15, 0.2) is 35.3 Å².